The number of aromatic nitrogens is 2. The number of alkyl halides is 3. The summed E-state index contributed by atoms with van der Waals surface area (Å²) in [6.45, 7) is 0. The van der Waals surface area contributed by atoms with Crippen LogP contribution in [0.25, 0.3) is 16.9 Å². The second-order valence-corrected chi connectivity index (χ2v) is 4.32. The fourth-order valence-corrected chi connectivity index (χ4v) is 2.17. The number of imidazole rings is 1. The van der Waals surface area contributed by atoms with Crippen LogP contribution in [0.4, 0.5) is 13.2 Å². The minimum absolute atomic E-state index is 0.0390. The molecular formula is C14H10F3N2O+. The van der Waals surface area contributed by atoms with E-state index >= 15 is 0 Å². The van der Waals surface area contributed by atoms with E-state index in [0.717, 1.165) is 6.07 Å². The summed E-state index contributed by atoms with van der Waals surface area (Å²) < 4.78 is 41.0. The highest BCUT2D eigenvalue weighted by molar-refractivity contribution is 5.68. The van der Waals surface area contributed by atoms with Crippen molar-refractivity contribution in [1.82, 2.24) is 9.38 Å². The molecule has 6 heteroatoms. The Kier molecular flexibility index (Phi) is 2.67. The number of halogens is 3. The van der Waals surface area contributed by atoms with Crippen molar-refractivity contribution in [3.63, 3.8) is 0 Å². The van der Waals surface area contributed by atoms with Crippen LogP contribution < -0.4 is 0 Å². The third-order valence-electron chi connectivity index (χ3n) is 3.03. The molecule has 0 saturated heterocycles. The molecule has 3 nitrogen and oxygen atoms in total. The average Bonchev–Trinajstić information content (AvgIpc) is 2.86. The third kappa shape index (κ3) is 1.99. The van der Waals surface area contributed by atoms with Gasteiger partial charge in [-0.3, -0.25) is 4.40 Å². The van der Waals surface area contributed by atoms with Crippen LogP contribution in [0.2, 0.25) is 0 Å². The quantitative estimate of drug-likeness (QED) is 0.629. The lowest BCUT2D eigenvalue weighted by molar-refractivity contribution is -0.137. The van der Waals surface area contributed by atoms with Gasteiger partial charge in [0.2, 0.25) is 0 Å². The predicted octanol–water partition coefficient (Wildman–Crippen LogP) is 3.46. The Morgan fingerprint density at radius 3 is 2.65 bits per heavy atom. The summed E-state index contributed by atoms with van der Waals surface area (Å²) >= 11 is 0. The SMILES string of the molecule is [OH2+]c1ccc(-c2cccc3nccn23)c(C(F)(F)F)c1. The smallest absolute Gasteiger partial charge is 0.417 e. The summed E-state index contributed by atoms with van der Waals surface area (Å²) in [5.74, 6) is -0.168. The number of pyridine rings is 1. The first kappa shape index (κ1) is 12.5. The fourth-order valence-electron chi connectivity index (χ4n) is 2.17. The zero-order valence-corrected chi connectivity index (χ0v) is 10.1. The Morgan fingerprint density at radius 2 is 1.90 bits per heavy atom. The Balaban J connectivity index is 2.32. The largest absolute Gasteiger partial charge is 0.593 e. The fraction of sp³-hybridized carbons (Fsp3) is 0.0714. The van der Waals surface area contributed by atoms with Gasteiger partial charge in [0.05, 0.1) is 11.3 Å². The van der Waals surface area contributed by atoms with Crippen LogP contribution >= 0.6 is 0 Å². The van der Waals surface area contributed by atoms with Crippen molar-refractivity contribution in [1.29, 1.82) is 0 Å². The number of hydrogen-bond donors (Lipinski definition) is 0. The third-order valence-corrected chi connectivity index (χ3v) is 3.03. The van der Waals surface area contributed by atoms with Crippen LogP contribution in [0.5, 0.6) is 5.75 Å². The van der Waals surface area contributed by atoms with Crippen molar-refractivity contribution in [2.75, 3.05) is 0 Å². The van der Waals surface area contributed by atoms with E-state index in [2.05, 4.69) is 4.98 Å². The summed E-state index contributed by atoms with van der Waals surface area (Å²) in [5.41, 5.74) is 0.196. The van der Waals surface area contributed by atoms with Crippen molar-refractivity contribution in [2.24, 2.45) is 0 Å². The maximum atomic E-state index is 13.1. The predicted molar refractivity (Wildman–Crippen MR) is 68.7 cm³/mol. The summed E-state index contributed by atoms with van der Waals surface area (Å²) in [4.78, 5) is 4.06. The molecule has 0 aliphatic rings. The molecule has 2 N–H and O–H groups in total. The van der Waals surface area contributed by atoms with Gasteiger partial charge < -0.3 is 5.11 Å². The molecule has 0 radical (unpaired) electrons. The van der Waals surface area contributed by atoms with Gasteiger partial charge in [0, 0.05) is 30.1 Å². The van der Waals surface area contributed by atoms with Gasteiger partial charge in [-0.25, -0.2) is 4.98 Å². The van der Waals surface area contributed by atoms with Gasteiger partial charge in [0.1, 0.15) is 5.65 Å². The molecule has 0 aliphatic carbocycles. The van der Waals surface area contributed by atoms with E-state index in [1.807, 2.05) is 0 Å². The normalized spacial score (nSPS) is 11.9. The van der Waals surface area contributed by atoms with Crippen molar-refractivity contribution in [3.05, 3.63) is 54.4 Å². The number of fused-ring (bicyclic) bond motifs is 1. The summed E-state index contributed by atoms with van der Waals surface area (Å²) in [5, 5.41) is 7.39. The summed E-state index contributed by atoms with van der Waals surface area (Å²) in [6.07, 6.45) is -1.36. The van der Waals surface area contributed by atoms with Gasteiger partial charge >= 0.3 is 6.18 Å². The first-order valence-electron chi connectivity index (χ1n) is 5.82. The Bertz CT molecular complexity index is 777. The number of benzene rings is 1. The lowest BCUT2D eigenvalue weighted by atomic mass is 10.0. The molecule has 3 aromatic rings. The van der Waals surface area contributed by atoms with Crippen LogP contribution in [0.15, 0.2) is 48.8 Å². The van der Waals surface area contributed by atoms with Gasteiger partial charge in [0.25, 0.3) is 5.75 Å². The zero-order valence-electron chi connectivity index (χ0n) is 10.1. The van der Waals surface area contributed by atoms with Crippen LogP contribution in [-0.2, 0) is 6.18 Å². The first-order chi connectivity index (χ1) is 9.47. The molecule has 1 aromatic carbocycles. The van der Waals surface area contributed by atoms with E-state index in [1.54, 1.807) is 28.8 Å². The van der Waals surface area contributed by atoms with Gasteiger partial charge in [-0.15, -0.1) is 0 Å². The van der Waals surface area contributed by atoms with E-state index in [1.165, 1.54) is 18.3 Å². The van der Waals surface area contributed by atoms with Crippen LogP contribution in [-0.4, -0.2) is 14.5 Å². The number of rotatable bonds is 1. The molecule has 2 heterocycles. The molecule has 102 valence electrons. The maximum Gasteiger partial charge on any atom is 0.417 e. The molecule has 0 aliphatic heterocycles. The zero-order chi connectivity index (χ0) is 14.3. The average molecular weight is 279 g/mol. The van der Waals surface area contributed by atoms with E-state index in [0.29, 0.717) is 11.3 Å². The highest BCUT2D eigenvalue weighted by Crippen LogP contribution is 2.38. The van der Waals surface area contributed by atoms with Gasteiger partial charge in [0.15, 0.2) is 0 Å². The molecule has 0 bridgehead atoms. The van der Waals surface area contributed by atoms with E-state index in [-0.39, 0.29) is 11.3 Å². The summed E-state index contributed by atoms with van der Waals surface area (Å²) in [6, 6.07) is 8.48. The van der Waals surface area contributed by atoms with Crippen molar-refractivity contribution >= 4 is 5.65 Å². The molecule has 0 amide bonds. The van der Waals surface area contributed by atoms with Gasteiger partial charge in [-0.05, 0) is 18.2 Å². The number of nitrogens with zero attached hydrogens (tertiary/aromatic N) is 2. The maximum absolute atomic E-state index is 13.1. The molecule has 0 atom stereocenters. The van der Waals surface area contributed by atoms with Crippen LogP contribution in [0, 0.1) is 0 Å². The topological polar surface area (TPSA) is 40.2 Å². The number of hydrogen-bond acceptors (Lipinski definition) is 1. The second kappa shape index (κ2) is 4.26. The highest BCUT2D eigenvalue weighted by Gasteiger charge is 2.35. The van der Waals surface area contributed by atoms with Crippen molar-refractivity contribution < 1.29 is 18.3 Å². The highest BCUT2D eigenvalue weighted by atomic mass is 19.4. The molecular weight excluding hydrogens is 269 g/mol. The molecule has 0 saturated carbocycles. The van der Waals surface area contributed by atoms with Crippen LogP contribution in [0.1, 0.15) is 5.56 Å². The summed E-state index contributed by atoms with van der Waals surface area (Å²) in [7, 11) is 0. The molecule has 20 heavy (non-hydrogen) atoms. The van der Waals surface area contributed by atoms with E-state index in [4.69, 9.17) is 5.11 Å². The van der Waals surface area contributed by atoms with E-state index in [9.17, 15) is 13.2 Å². The monoisotopic (exact) mass is 279 g/mol. The molecule has 0 fully saturated rings. The standard InChI is InChI=1S/C14H9F3N2O/c15-14(16,17)11-8-9(20)4-5-10(11)12-2-1-3-13-18-6-7-19(12)13/h1-8,20H/p+1. The van der Waals surface area contributed by atoms with E-state index < -0.39 is 11.7 Å². The second-order valence-electron chi connectivity index (χ2n) is 4.32. The lowest BCUT2D eigenvalue weighted by Gasteiger charge is -2.13. The molecule has 3 rings (SSSR count). The lowest BCUT2D eigenvalue weighted by Crippen LogP contribution is -2.08. The van der Waals surface area contributed by atoms with Crippen LogP contribution in [0.3, 0.4) is 0 Å². The Hall–Kier alpha value is -2.50. The Labute approximate surface area is 111 Å². The molecule has 2 aromatic heterocycles. The van der Waals surface area contributed by atoms with Gasteiger partial charge in [-0.1, -0.05) is 6.07 Å². The first-order valence-corrected chi connectivity index (χ1v) is 5.82. The van der Waals surface area contributed by atoms with Crippen molar-refractivity contribution in [2.45, 2.75) is 6.18 Å². The van der Waals surface area contributed by atoms with Gasteiger partial charge in [-0.2, -0.15) is 13.2 Å². The minimum Gasteiger partial charge on any atom is -0.593 e. The molecule has 0 spiro atoms. The minimum atomic E-state index is -4.50. The molecule has 0 unspecified atom stereocenters. The Morgan fingerprint density at radius 1 is 1.10 bits per heavy atom. The van der Waals surface area contributed by atoms with Crippen molar-refractivity contribution in [3.8, 4) is 17.0 Å².